The van der Waals surface area contributed by atoms with Gasteiger partial charge in [0.1, 0.15) is 0 Å². The first kappa shape index (κ1) is 12.1. The van der Waals surface area contributed by atoms with E-state index >= 15 is 0 Å². The van der Waals surface area contributed by atoms with Gasteiger partial charge in [-0.25, -0.2) is 4.68 Å². The monoisotopic (exact) mass is 270 g/mol. The number of hydrogen-bond donors (Lipinski definition) is 1. The first-order chi connectivity index (χ1) is 9.33. The van der Waals surface area contributed by atoms with E-state index in [0.29, 0.717) is 6.42 Å². The normalized spacial score (nSPS) is 12.5. The van der Waals surface area contributed by atoms with Crippen LogP contribution in [0.4, 0.5) is 0 Å². The van der Waals surface area contributed by atoms with E-state index in [2.05, 4.69) is 5.10 Å². The van der Waals surface area contributed by atoms with Crippen molar-refractivity contribution < 1.29 is 5.11 Å². The molecule has 1 atom stereocenters. The lowest BCUT2D eigenvalue weighted by Gasteiger charge is -2.06. The molecule has 0 fully saturated rings. The van der Waals surface area contributed by atoms with E-state index in [1.54, 1.807) is 22.2 Å². The summed E-state index contributed by atoms with van der Waals surface area (Å²) in [5.41, 5.74) is 1.84. The lowest BCUT2D eigenvalue weighted by Crippen LogP contribution is -1.99. The van der Waals surface area contributed by atoms with Gasteiger partial charge < -0.3 is 5.11 Å². The fourth-order valence-electron chi connectivity index (χ4n) is 1.97. The summed E-state index contributed by atoms with van der Waals surface area (Å²) in [6, 6.07) is 13.9. The average Bonchev–Trinajstić information content (AvgIpc) is 3.10. The van der Waals surface area contributed by atoms with Crippen molar-refractivity contribution in [3.05, 3.63) is 70.7 Å². The minimum atomic E-state index is -0.504. The van der Waals surface area contributed by atoms with Gasteiger partial charge in [0.25, 0.3) is 0 Å². The molecule has 0 aliphatic heterocycles. The van der Waals surface area contributed by atoms with Gasteiger partial charge in [-0.1, -0.05) is 24.3 Å². The van der Waals surface area contributed by atoms with Crippen LogP contribution in [0.25, 0.3) is 5.69 Å². The van der Waals surface area contributed by atoms with Gasteiger partial charge >= 0.3 is 0 Å². The van der Waals surface area contributed by atoms with Crippen molar-refractivity contribution in [2.75, 3.05) is 0 Å². The molecule has 2 heterocycles. The lowest BCUT2D eigenvalue weighted by atomic mass is 10.1. The maximum absolute atomic E-state index is 10.2. The van der Waals surface area contributed by atoms with E-state index in [1.807, 2.05) is 54.0 Å². The molecule has 0 spiro atoms. The topological polar surface area (TPSA) is 38.1 Å². The molecule has 1 aromatic carbocycles. The van der Waals surface area contributed by atoms with Crippen LogP contribution < -0.4 is 0 Å². The second-order valence-electron chi connectivity index (χ2n) is 4.35. The molecule has 0 aliphatic carbocycles. The molecule has 3 aromatic rings. The molecule has 2 aromatic heterocycles. The fourth-order valence-corrected chi connectivity index (χ4v) is 2.71. The van der Waals surface area contributed by atoms with E-state index in [1.165, 1.54) is 4.88 Å². The average molecular weight is 270 g/mol. The van der Waals surface area contributed by atoms with Crippen molar-refractivity contribution in [3.63, 3.8) is 0 Å². The molecule has 0 bridgehead atoms. The fraction of sp³-hybridized carbons (Fsp3) is 0.133. The number of hydrogen-bond acceptors (Lipinski definition) is 3. The highest BCUT2D eigenvalue weighted by Crippen LogP contribution is 2.21. The quantitative estimate of drug-likeness (QED) is 0.790. The molecule has 0 saturated carbocycles. The van der Waals surface area contributed by atoms with Crippen LogP contribution in [0.5, 0.6) is 0 Å². The van der Waals surface area contributed by atoms with Crippen LogP contribution >= 0.6 is 11.3 Å². The minimum absolute atomic E-state index is 0.504. The molecular formula is C15H14N2OS. The first-order valence-corrected chi connectivity index (χ1v) is 7.01. The lowest BCUT2D eigenvalue weighted by molar-refractivity contribution is 0.179. The van der Waals surface area contributed by atoms with Crippen molar-refractivity contribution in [1.82, 2.24) is 9.78 Å². The smallest absolute Gasteiger partial charge is 0.0868 e. The number of aromatic nitrogens is 2. The third kappa shape index (κ3) is 2.75. The largest absolute Gasteiger partial charge is 0.388 e. The number of thiophene rings is 1. The Morgan fingerprint density at radius 2 is 2.00 bits per heavy atom. The standard InChI is InChI=1S/C15H14N2OS/c18-15(9-14-7-4-8-19-14)12-10-16-17(11-12)13-5-2-1-3-6-13/h1-8,10-11,15,18H,9H2. The van der Waals surface area contributed by atoms with Crippen LogP contribution in [0.2, 0.25) is 0 Å². The maximum Gasteiger partial charge on any atom is 0.0868 e. The van der Waals surface area contributed by atoms with Crippen molar-refractivity contribution in [3.8, 4) is 5.69 Å². The van der Waals surface area contributed by atoms with Gasteiger partial charge in [-0.2, -0.15) is 5.10 Å². The molecule has 19 heavy (non-hydrogen) atoms. The van der Waals surface area contributed by atoms with Gasteiger partial charge in [0, 0.05) is 23.1 Å². The van der Waals surface area contributed by atoms with Crippen molar-refractivity contribution in [2.45, 2.75) is 12.5 Å². The molecule has 96 valence electrons. The molecular weight excluding hydrogens is 256 g/mol. The van der Waals surface area contributed by atoms with Gasteiger partial charge in [-0.15, -0.1) is 11.3 Å². The molecule has 0 amide bonds. The summed E-state index contributed by atoms with van der Waals surface area (Å²) in [4.78, 5) is 1.18. The van der Waals surface area contributed by atoms with Gasteiger partial charge in [0.05, 0.1) is 18.0 Å². The molecule has 4 heteroatoms. The van der Waals surface area contributed by atoms with Crippen molar-refractivity contribution >= 4 is 11.3 Å². The summed E-state index contributed by atoms with van der Waals surface area (Å²) >= 11 is 1.66. The Bertz CT molecular complexity index is 631. The predicted molar refractivity (Wildman–Crippen MR) is 76.5 cm³/mol. The number of aliphatic hydroxyl groups is 1. The molecule has 0 saturated heterocycles. The number of rotatable bonds is 4. The Hall–Kier alpha value is -1.91. The summed E-state index contributed by atoms with van der Waals surface area (Å²) in [6.07, 6.45) is 3.74. The Balaban J connectivity index is 1.78. The molecule has 3 rings (SSSR count). The molecule has 3 nitrogen and oxygen atoms in total. The number of nitrogens with zero attached hydrogens (tertiary/aromatic N) is 2. The summed E-state index contributed by atoms with van der Waals surface area (Å²) in [7, 11) is 0. The van der Waals surface area contributed by atoms with E-state index in [9.17, 15) is 5.11 Å². The second kappa shape index (κ2) is 5.38. The highest BCUT2D eigenvalue weighted by Gasteiger charge is 2.12. The molecule has 0 aliphatic rings. The maximum atomic E-state index is 10.2. The Kier molecular flexibility index (Phi) is 3.44. The summed E-state index contributed by atoms with van der Waals surface area (Å²) in [5, 5.41) is 16.5. The third-order valence-corrected chi connectivity index (χ3v) is 3.88. The van der Waals surface area contributed by atoms with Crippen LogP contribution in [-0.4, -0.2) is 14.9 Å². The van der Waals surface area contributed by atoms with E-state index < -0.39 is 6.10 Å². The van der Waals surface area contributed by atoms with Crippen LogP contribution in [0, 0.1) is 0 Å². The van der Waals surface area contributed by atoms with E-state index in [0.717, 1.165) is 11.3 Å². The van der Waals surface area contributed by atoms with Gasteiger partial charge in [-0.05, 0) is 23.6 Å². The third-order valence-electron chi connectivity index (χ3n) is 2.98. The molecule has 1 N–H and O–H groups in total. The highest BCUT2D eigenvalue weighted by molar-refractivity contribution is 7.09. The highest BCUT2D eigenvalue weighted by atomic mass is 32.1. The van der Waals surface area contributed by atoms with Crippen molar-refractivity contribution in [2.24, 2.45) is 0 Å². The van der Waals surface area contributed by atoms with Gasteiger partial charge in [-0.3, -0.25) is 0 Å². The van der Waals surface area contributed by atoms with Crippen LogP contribution in [0.15, 0.2) is 60.2 Å². The van der Waals surface area contributed by atoms with Crippen LogP contribution in [0.1, 0.15) is 16.5 Å². The van der Waals surface area contributed by atoms with Crippen LogP contribution in [0.3, 0.4) is 0 Å². The van der Waals surface area contributed by atoms with Crippen LogP contribution in [-0.2, 0) is 6.42 Å². The van der Waals surface area contributed by atoms with E-state index in [-0.39, 0.29) is 0 Å². The van der Waals surface area contributed by atoms with Gasteiger partial charge in [0.2, 0.25) is 0 Å². The number of benzene rings is 1. The van der Waals surface area contributed by atoms with E-state index in [4.69, 9.17) is 0 Å². The number of para-hydroxylation sites is 1. The summed E-state index contributed by atoms with van der Waals surface area (Å²) in [6.45, 7) is 0. The summed E-state index contributed by atoms with van der Waals surface area (Å²) in [5.74, 6) is 0. The predicted octanol–water partition coefficient (Wildman–Crippen LogP) is 3.21. The minimum Gasteiger partial charge on any atom is -0.388 e. The SMILES string of the molecule is OC(Cc1cccs1)c1cnn(-c2ccccc2)c1. The Morgan fingerprint density at radius 3 is 2.74 bits per heavy atom. The Morgan fingerprint density at radius 1 is 1.16 bits per heavy atom. The van der Waals surface area contributed by atoms with Gasteiger partial charge in [0.15, 0.2) is 0 Å². The zero-order valence-corrected chi connectivity index (χ0v) is 11.1. The first-order valence-electron chi connectivity index (χ1n) is 6.13. The number of aliphatic hydroxyl groups excluding tert-OH is 1. The second-order valence-corrected chi connectivity index (χ2v) is 5.39. The van der Waals surface area contributed by atoms with Crippen molar-refractivity contribution in [1.29, 1.82) is 0 Å². The molecule has 1 unspecified atom stereocenters. The summed E-state index contributed by atoms with van der Waals surface area (Å²) < 4.78 is 1.78. The molecule has 0 radical (unpaired) electrons. The Labute approximate surface area is 115 Å². The zero-order valence-electron chi connectivity index (χ0n) is 10.3. The zero-order chi connectivity index (χ0) is 13.1.